The van der Waals surface area contributed by atoms with Gasteiger partial charge in [-0.25, -0.2) is 0 Å². The molecule has 0 amide bonds. The van der Waals surface area contributed by atoms with Gasteiger partial charge in [0, 0.05) is 31.1 Å². The molecule has 224 valence electrons. The van der Waals surface area contributed by atoms with Crippen LogP contribution in [-0.4, -0.2) is 35.3 Å². The molecule has 0 N–H and O–H groups in total. The van der Waals surface area contributed by atoms with Gasteiger partial charge in [-0.15, -0.1) is 0 Å². The molecule has 2 aromatic carbocycles. The first kappa shape index (κ1) is 31.6. The molecule has 6 heteroatoms. The van der Waals surface area contributed by atoms with Crippen molar-refractivity contribution >= 4 is 17.5 Å². The van der Waals surface area contributed by atoms with Gasteiger partial charge in [-0.2, -0.15) is 0 Å². The first-order chi connectivity index (χ1) is 19.9. The summed E-state index contributed by atoms with van der Waals surface area (Å²) in [5.41, 5.74) is 0.613. The molecule has 6 nitrogen and oxygen atoms in total. The number of allylic oxidation sites excluding steroid dienone is 2. The quantitative estimate of drug-likeness (QED) is 0.268. The van der Waals surface area contributed by atoms with Gasteiger partial charge in [-0.05, 0) is 43.4 Å². The monoisotopic (exact) mass is 572 g/mol. The second-order valence-electron chi connectivity index (χ2n) is 12.5. The number of carbonyl (C=O) groups is 3. The number of Topliss-reactive ketones (excluding diaryl/α,β-unsaturated/α-hetero) is 2. The predicted molar refractivity (Wildman–Crippen MR) is 162 cm³/mol. The minimum Gasteiger partial charge on any atom is -0.450 e. The minimum atomic E-state index is -1.41. The maximum atomic E-state index is 14.3. The third kappa shape index (κ3) is 7.16. The van der Waals surface area contributed by atoms with Crippen LogP contribution in [0.1, 0.15) is 65.5 Å². The Labute approximate surface area is 250 Å². The van der Waals surface area contributed by atoms with Gasteiger partial charge in [0.2, 0.25) is 0 Å². The largest absolute Gasteiger partial charge is 0.450 e. The number of hydrogen-bond donors (Lipinski definition) is 0. The lowest BCUT2D eigenvalue weighted by Gasteiger charge is -2.36. The summed E-state index contributed by atoms with van der Waals surface area (Å²) in [5, 5.41) is 0. The van der Waals surface area contributed by atoms with Crippen molar-refractivity contribution < 1.29 is 28.6 Å². The van der Waals surface area contributed by atoms with E-state index in [1.807, 2.05) is 101 Å². The molecule has 4 rings (SSSR count). The van der Waals surface area contributed by atoms with Crippen molar-refractivity contribution in [3.63, 3.8) is 0 Å². The molecule has 2 aliphatic carbocycles. The molecule has 0 aromatic heterocycles. The fourth-order valence-electron chi connectivity index (χ4n) is 6.19. The Morgan fingerprint density at radius 3 is 2.05 bits per heavy atom. The van der Waals surface area contributed by atoms with Crippen LogP contribution in [0.3, 0.4) is 0 Å². The molecule has 1 saturated carbocycles. The van der Waals surface area contributed by atoms with Crippen molar-refractivity contribution in [2.24, 2.45) is 23.2 Å². The van der Waals surface area contributed by atoms with E-state index in [9.17, 15) is 14.4 Å². The Kier molecular flexibility index (Phi) is 10.0. The highest BCUT2D eigenvalue weighted by atomic mass is 16.6. The molecule has 1 fully saturated rings. The zero-order valence-corrected chi connectivity index (χ0v) is 25.7. The lowest BCUT2D eigenvalue weighted by atomic mass is 9.76. The van der Waals surface area contributed by atoms with E-state index in [0.29, 0.717) is 19.6 Å². The summed E-state index contributed by atoms with van der Waals surface area (Å²) in [6.07, 6.45) is 5.16. The number of fused-ring (bicyclic) bond motifs is 1. The summed E-state index contributed by atoms with van der Waals surface area (Å²) in [4.78, 5) is 40.5. The van der Waals surface area contributed by atoms with Crippen molar-refractivity contribution in [3.8, 4) is 0 Å². The first-order valence-corrected chi connectivity index (χ1v) is 14.9. The Morgan fingerprint density at radius 2 is 1.48 bits per heavy atom. The van der Waals surface area contributed by atoms with E-state index in [4.69, 9.17) is 14.2 Å². The number of hydrogen-bond acceptors (Lipinski definition) is 6. The number of benzene rings is 2. The van der Waals surface area contributed by atoms with Crippen LogP contribution in [0.5, 0.6) is 0 Å². The fraction of sp³-hybridized carbons (Fsp3) is 0.472. The first-order valence-electron chi connectivity index (χ1n) is 14.9. The highest BCUT2D eigenvalue weighted by Crippen LogP contribution is 2.48. The smallest absolute Gasteiger partial charge is 0.303 e. The summed E-state index contributed by atoms with van der Waals surface area (Å²) in [7, 11) is 0. The molecule has 0 aliphatic heterocycles. The summed E-state index contributed by atoms with van der Waals surface area (Å²) < 4.78 is 19.0. The molecule has 2 aromatic rings. The van der Waals surface area contributed by atoms with Gasteiger partial charge < -0.3 is 14.2 Å². The molecule has 2 aliphatic rings. The minimum absolute atomic E-state index is 0.0210. The molecule has 0 radical (unpaired) electrons. The zero-order valence-electron chi connectivity index (χ0n) is 25.7. The van der Waals surface area contributed by atoms with E-state index >= 15 is 0 Å². The van der Waals surface area contributed by atoms with E-state index in [2.05, 4.69) is 0 Å². The average molecular weight is 573 g/mol. The lowest BCUT2D eigenvalue weighted by molar-refractivity contribution is -0.171. The molecule has 0 heterocycles. The molecule has 0 unspecified atom stereocenters. The summed E-state index contributed by atoms with van der Waals surface area (Å²) in [5.74, 6) is -1.88. The summed E-state index contributed by atoms with van der Waals surface area (Å²) in [6, 6.07) is 19.7. The topological polar surface area (TPSA) is 78.9 Å². The fourth-order valence-corrected chi connectivity index (χ4v) is 6.19. The lowest BCUT2D eigenvalue weighted by Crippen LogP contribution is -2.50. The standard InChI is InChI=1S/C36H44O6/c1-24-17-18-35(5,6)32(38)20-31(40-22-28-13-9-7-10-14-28)25(2)19-30-33(41-23-29-15-11-8-12-16-29)26(3)21-36(30,34(24)39)42-27(4)37/h7-19,24,26,30-31,33H,20-23H2,1-6H3/b18-17+,25-19+/t24-,26+,30-,31+,33-,36+/m0/s1. The Hall–Kier alpha value is -3.35. The van der Waals surface area contributed by atoms with Crippen molar-refractivity contribution in [3.05, 3.63) is 95.6 Å². The van der Waals surface area contributed by atoms with Gasteiger partial charge >= 0.3 is 5.97 Å². The van der Waals surface area contributed by atoms with Crippen LogP contribution in [0, 0.1) is 23.2 Å². The number of ketones is 2. The second kappa shape index (κ2) is 13.3. The number of rotatable bonds is 7. The maximum Gasteiger partial charge on any atom is 0.303 e. The van der Waals surface area contributed by atoms with Gasteiger partial charge in [-0.3, -0.25) is 14.4 Å². The van der Waals surface area contributed by atoms with Crippen molar-refractivity contribution in [2.75, 3.05) is 0 Å². The number of carbonyl (C=O) groups excluding carboxylic acids is 3. The van der Waals surface area contributed by atoms with Crippen LogP contribution in [0.2, 0.25) is 0 Å². The van der Waals surface area contributed by atoms with E-state index in [0.717, 1.165) is 16.7 Å². The van der Waals surface area contributed by atoms with Crippen LogP contribution >= 0.6 is 0 Å². The normalized spacial score (nSPS) is 31.7. The Bertz CT molecular complexity index is 1310. The van der Waals surface area contributed by atoms with E-state index in [1.165, 1.54) is 6.92 Å². The average Bonchev–Trinajstić information content (AvgIpc) is 3.22. The second-order valence-corrected chi connectivity index (χ2v) is 12.5. The maximum absolute atomic E-state index is 14.3. The van der Waals surface area contributed by atoms with E-state index in [-0.39, 0.29) is 23.9 Å². The highest BCUT2D eigenvalue weighted by Gasteiger charge is 2.59. The molecule has 0 spiro atoms. The van der Waals surface area contributed by atoms with Crippen LogP contribution in [0.15, 0.2) is 84.5 Å². The SMILES string of the molecule is CC(=O)O[C@]12C[C@@H](C)[C@H](OCc3ccccc3)[C@@H]1/C=C(\C)[C@H](OCc1ccccc1)CC(=O)C(C)(C)/C=C/[C@H](C)C2=O. The molecule has 0 saturated heterocycles. The summed E-state index contributed by atoms with van der Waals surface area (Å²) in [6.45, 7) is 11.5. The van der Waals surface area contributed by atoms with Gasteiger partial charge in [-0.1, -0.05) is 92.7 Å². The molecular weight excluding hydrogens is 528 g/mol. The van der Waals surface area contributed by atoms with Crippen molar-refractivity contribution in [1.29, 1.82) is 0 Å². The molecule has 6 atom stereocenters. The molecule has 42 heavy (non-hydrogen) atoms. The van der Waals surface area contributed by atoms with Gasteiger partial charge in [0.1, 0.15) is 5.78 Å². The zero-order chi connectivity index (χ0) is 30.5. The van der Waals surface area contributed by atoms with E-state index in [1.54, 1.807) is 13.0 Å². The van der Waals surface area contributed by atoms with Crippen molar-refractivity contribution in [1.82, 2.24) is 0 Å². The van der Waals surface area contributed by atoms with Gasteiger partial charge in [0.05, 0.1) is 31.3 Å². The van der Waals surface area contributed by atoms with Crippen LogP contribution in [0.4, 0.5) is 0 Å². The predicted octanol–water partition coefficient (Wildman–Crippen LogP) is 6.82. The van der Waals surface area contributed by atoms with E-state index < -0.39 is 41.0 Å². The van der Waals surface area contributed by atoms with Crippen LogP contribution < -0.4 is 0 Å². The van der Waals surface area contributed by atoms with Gasteiger partial charge in [0.25, 0.3) is 0 Å². The number of esters is 1. The summed E-state index contributed by atoms with van der Waals surface area (Å²) >= 11 is 0. The molecule has 0 bridgehead atoms. The van der Waals surface area contributed by atoms with Gasteiger partial charge in [0.15, 0.2) is 11.4 Å². The molecular formula is C36H44O6. The number of ether oxygens (including phenoxy) is 3. The third-order valence-electron chi connectivity index (χ3n) is 8.66. The Balaban J connectivity index is 1.80. The van der Waals surface area contributed by atoms with Crippen LogP contribution in [-0.2, 0) is 41.8 Å². The highest BCUT2D eigenvalue weighted by molar-refractivity contribution is 5.94. The van der Waals surface area contributed by atoms with Crippen LogP contribution in [0.25, 0.3) is 0 Å². The Morgan fingerprint density at radius 1 is 0.905 bits per heavy atom. The third-order valence-corrected chi connectivity index (χ3v) is 8.66. The van der Waals surface area contributed by atoms with Crippen molar-refractivity contribution in [2.45, 2.75) is 85.4 Å².